The molecule has 1 aromatic heterocycles. The van der Waals surface area contributed by atoms with Crippen LogP contribution in [0.15, 0.2) is 39.7 Å². The summed E-state index contributed by atoms with van der Waals surface area (Å²) in [5, 5.41) is 12.9. The maximum absolute atomic E-state index is 12.8. The Balaban J connectivity index is 2.18. The van der Waals surface area contributed by atoms with Gasteiger partial charge in [-0.25, -0.2) is 0 Å². The number of methoxy groups -OCH3 is 1. The molecule has 5 nitrogen and oxygen atoms in total. The Morgan fingerprint density at radius 3 is 2.59 bits per heavy atom. The van der Waals surface area contributed by atoms with Crippen molar-refractivity contribution >= 4 is 44.7 Å². The summed E-state index contributed by atoms with van der Waals surface area (Å²) >= 11 is 4.91. The number of nitrogens with zero attached hydrogens (tertiary/aromatic N) is 1. The number of aryl methyl sites for hydroxylation is 2. The van der Waals surface area contributed by atoms with Gasteiger partial charge in [-0.05, 0) is 48.6 Å². The lowest BCUT2D eigenvalue weighted by atomic mass is 9.98. The minimum absolute atomic E-state index is 0.128. The fourth-order valence-electron chi connectivity index (χ4n) is 3.18. The minimum atomic E-state index is -0.665. The molecule has 1 aliphatic rings. The summed E-state index contributed by atoms with van der Waals surface area (Å²) in [7, 11) is 1.55. The second kappa shape index (κ2) is 7.96. The van der Waals surface area contributed by atoms with Crippen molar-refractivity contribution < 1.29 is 19.4 Å². The Morgan fingerprint density at radius 1 is 1.26 bits per heavy atom. The molecule has 2 heterocycles. The van der Waals surface area contributed by atoms with Crippen LogP contribution in [-0.2, 0) is 14.3 Å². The molecule has 2 aromatic rings. The second-order valence-electron chi connectivity index (χ2n) is 6.42. The molecule has 1 N–H and O–H groups in total. The lowest BCUT2D eigenvalue weighted by Crippen LogP contribution is -2.32. The molecule has 0 bridgehead atoms. The number of benzene rings is 1. The van der Waals surface area contributed by atoms with Crippen molar-refractivity contribution in [3.05, 3.63) is 61.3 Å². The molecule has 1 aliphatic heterocycles. The lowest BCUT2D eigenvalue weighted by molar-refractivity contribution is -0.140. The topological polar surface area (TPSA) is 66.8 Å². The molecule has 1 aromatic carbocycles. The smallest absolute Gasteiger partial charge is 0.295 e. The highest BCUT2D eigenvalue weighted by atomic mass is 79.9. The van der Waals surface area contributed by atoms with Gasteiger partial charge in [0.2, 0.25) is 0 Å². The number of carbonyl (C=O) groups excluding carboxylic acids is 2. The van der Waals surface area contributed by atoms with Gasteiger partial charge < -0.3 is 14.7 Å². The maximum atomic E-state index is 12.8. The number of aliphatic hydroxyl groups excluding tert-OH is 1. The number of rotatable bonds is 5. The molecular formula is C20H20BrNO4S. The van der Waals surface area contributed by atoms with E-state index < -0.39 is 17.7 Å². The number of carbonyl (C=O) groups is 2. The largest absolute Gasteiger partial charge is 0.507 e. The fraction of sp³-hybridized carbons (Fsp3) is 0.300. The Labute approximate surface area is 170 Å². The average Bonchev–Trinajstić information content (AvgIpc) is 3.16. The first-order valence-electron chi connectivity index (χ1n) is 8.44. The van der Waals surface area contributed by atoms with E-state index in [0.717, 1.165) is 20.5 Å². The first-order valence-corrected chi connectivity index (χ1v) is 10.1. The predicted octanol–water partition coefficient (Wildman–Crippen LogP) is 4.20. The van der Waals surface area contributed by atoms with Crippen LogP contribution in [0.2, 0.25) is 0 Å². The second-order valence-corrected chi connectivity index (χ2v) is 8.22. The first-order chi connectivity index (χ1) is 12.9. The van der Waals surface area contributed by atoms with E-state index in [4.69, 9.17) is 4.74 Å². The van der Waals surface area contributed by atoms with Crippen molar-refractivity contribution in [1.82, 2.24) is 4.90 Å². The molecule has 1 amide bonds. The lowest BCUT2D eigenvalue weighted by Gasteiger charge is -2.24. The molecule has 1 fully saturated rings. The van der Waals surface area contributed by atoms with Gasteiger partial charge in [0.15, 0.2) is 0 Å². The van der Waals surface area contributed by atoms with Gasteiger partial charge in [-0.2, -0.15) is 0 Å². The third-order valence-corrected chi connectivity index (χ3v) is 6.62. The number of amides is 1. The van der Waals surface area contributed by atoms with Crippen molar-refractivity contribution in [2.24, 2.45) is 0 Å². The van der Waals surface area contributed by atoms with E-state index in [-0.39, 0.29) is 17.9 Å². The van der Waals surface area contributed by atoms with E-state index in [0.29, 0.717) is 12.2 Å². The quantitative estimate of drug-likeness (QED) is 0.422. The van der Waals surface area contributed by atoms with Crippen LogP contribution in [0.25, 0.3) is 5.76 Å². The summed E-state index contributed by atoms with van der Waals surface area (Å²) < 4.78 is 6.01. The van der Waals surface area contributed by atoms with Crippen LogP contribution in [-0.4, -0.2) is 42.0 Å². The van der Waals surface area contributed by atoms with Gasteiger partial charge in [0.1, 0.15) is 5.76 Å². The molecule has 27 heavy (non-hydrogen) atoms. The number of likely N-dealkylation sites (tertiary alicyclic amines) is 1. The Hall–Kier alpha value is -1.96. The molecule has 142 valence electrons. The zero-order valence-corrected chi connectivity index (χ0v) is 17.7. The van der Waals surface area contributed by atoms with Crippen LogP contribution < -0.4 is 0 Å². The number of ether oxygens (including phenoxy) is 1. The predicted molar refractivity (Wildman–Crippen MR) is 109 cm³/mol. The van der Waals surface area contributed by atoms with Gasteiger partial charge in [-0.3, -0.25) is 9.59 Å². The molecule has 3 rings (SSSR count). The molecule has 0 radical (unpaired) electrons. The summed E-state index contributed by atoms with van der Waals surface area (Å²) in [5.41, 5.74) is 2.55. The maximum Gasteiger partial charge on any atom is 0.295 e. The monoisotopic (exact) mass is 449 g/mol. The van der Waals surface area contributed by atoms with E-state index in [9.17, 15) is 14.7 Å². The zero-order chi connectivity index (χ0) is 19.7. The number of hydrogen-bond donors (Lipinski definition) is 1. The van der Waals surface area contributed by atoms with Gasteiger partial charge in [0.05, 0.1) is 18.2 Å². The summed E-state index contributed by atoms with van der Waals surface area (Å²) in [6.45, 7) is 4.43. The number of ketones is 1. The highest BCUT2D eigenvalue weighted by Crippen LogP contribution is 2.42. The molecule has 1 unspecified atom stereocenters. The van der Waals surface area contributed by atoms with Crippen LogP contribution in [0.4, 0.5) is 0 Å². The van der Waals surface area contributed by atoms with Gasteiger partial charge in [-0.15, -0.1) is 11.3 Å². The van der Waals surface area contributed by atoms with Crippen LogP contribution >= 0.6 is 27.3 Å². The van der Waals surface area contributed by atoms with E-state index in [2.05, 4.69) is 15.9 Å². The summed E-state index contributed by atoms with van der Waals surface area (Å²) in [6.07, 6.45) is 0. The SMILES string of the molecule is COCCN1C(=O)C(=O)/C(=C(\O)c2ccc(Br)c(C)c2)C1c1sccc1C. The summed E-state index contributed by atoms with van der Waals surface area (Å²) in [4.78, 5) is 27.8. The highest BCUT2D eigenvalue weighted by molar-refractivity contribution is 9.10. The number of hydrogen-bond acceptors (Lipinski definition) is 5. The van der Waals surface area contributed by atoms with Crippen molar-refractivity contribution in [1.29, 1.82) is 0 Å². The number of Topliss-reactive ketones (excluding diaryl/α,β-unsaturated/α-hetero) is 1. The summed E-state index contributed by atoms with van der Waals surface area (Å²) in [6, 6.07) is 6.68. The van der Waals surface area contributed by atoms with Crippen molar-refractivity contribution in [3.8, 4) is 0 Å². The van der Waals surface area contributed by atoms with Gasteiger partial charge in [-0.1, -0.05) is 22.0 Å². The molecule has 0 saturated carbocycles. The van der Waals surface area contributed by atoms with Crippen LogP contribution in [0, 0.1) is 13.8 Å². The molecule has 1 saturated heterocycles. The van der Waals surface area contributed by atoms with Crippen LogP contribution in [0.3, 0.4) is 0 Å². The van der Waals surface area contributed by atoms with E-state index in [1.165, 1.54) is 16.2 Å². The summed E-state index contributed by atoms with van der Waals surface area (Å²) in [5.74, 6) is -1.43. The number of aliphatic hydroxyl groups is 1. The molecule has 1 atom stereocenters. The average molecular weight is 450 g/mol. The number of thiophene rings is 1. The zero-order valence-electron chi connectivity index (χ0n) is 15.3. The van der Waals surface area contributed by atoms with Crippen molar-refractivity contribution in [2.45, 2.75) is 19.9 Å². The van der Waals surface area contributed by atoms with E-state index in [1.54, 1.807) is 19.2 Å². The first kappa shape index (κ1) is 19.8. The molecular weight excluding hydrogens is 430 g/mol. The third-order valence-electron chi connectivity index (χ3n) is 4.66. The Kier molecular flexibility index (Phi) is 5.83. The standard InChI is InChI=1S/C20H20BrNO4S/c1-11-6-9-27-19(11)16-15(18(24)20(25)22(16)7-8-26-3)17(23)13-4-5-14(21)12(2)10-13/h4-6,9-10,16,23H,7-8H2,1-3H3/b17-15-. The van der Waals surface area contributed by atoms with Crippen LogP contribution in [0.5, 0.6) is 0 Å². The minimum Gasteiger partial charge on any atom is -0.507 e. The van der Waals surface area contributed by atoms with Crippen molar-refractivity contribution in [3.63, 3.8) is 0 Å². The van der Waals surface area contributed by atoms with Gasteiger partial charge in [0, 0.05) is 28.6 Å². The Morgan fingerprint density at radius 2 is 2.00 bits per heavy atom. The van der Waals surface area contributed by atoms with Crippen LogP contribution in [0.1, 0.15) is 27.6 Å². The molecule has 0 spiro atoms. The highest BCUT2D eigenvalue weighted by Gasteiger charge is 2.46. The molecule has 0 aliphatic carbocycles. The fourth-order valence-corrected chi connectivity index (χ4v) is 4.48. The van der Waals surface area contributed by atoms with Gasteiger partial charge in [0.25, 0.3) is 11.7 Å². The normalized spacial score (nSPS) is 19.1. The third kappa shape index (κ3) is 3.59. The van der Waals surface area contributed by atoms with Crippen molar-refractivity contribution in [2.75, 3.05) is 20.3 Å². The molecule has 7 heteroatoms. The van der Waals surface area contributed by atoms with E-state index in [1.807, 2.05) is 31.4 Å². The van der Waals surface area contributed by atoms with Gasteiger partial charge >= 0.3 is 0 Å². The Bertz CT molecular complexity index is 934. The van der Waals surface area contributed by atoms with E-state index >= 15 is 0 Å². The number of halogens is 1.